The van der Waals surface area contributed by atoms with E-state index in [4.69, 9.17) is 4.74 Å². The van der Waals surface area contributed by atoms with Gasteiger partial charge in [-0.1, -0.05) is 450 Å². The maximum Gasteiger partial charge on any atom is 0.305 e. The van der Waals surface area contributed by atoms with Gasteiger partial charge in [-0.2, -0.15) is 0 Å². The van der Waals surface area contributed by atoms with E-state index in [9.17, 15) is 19.8 Å². The summed E-state index contributed by atoms with van der Waals surface area (Å²) in [5.74, 6) is -0.0322. The summed E-state index contributed by atoms with van der Waals surface area (Å²) in [5, 5.41) is 23.3. The Morgan fingerprint density at radius 1 is 0.303 bits per heavy atom. The van der Waals surface area contributed by atoms with Gasteiger partial charge in [0, 0.05) is 12.8 Å². The van der Waals surface area contributed by atoms with E-state index >= 15 is 0 Å². The number of hydrogen-bond acceptors (Lipinski definition) is 5. The summed E-state index contributed by atoms with van der Waals surface area (Å²) in [6.45, 7) is 4.97. The van der Waals surface area contributed by atoms with Crippen LogP contribution in [0.4, 0.5) is 0 Å². The molecular formula is C83H163NO5. The van der Waals surface area contributed by atoms with Gasteiger partial charge in [-0.25, -0.2) is 0 Å². The number of aliphatic hydroxyl groups is 2. The van der Waals surface area contributed by atoms with Crippen molar-refractivity contribution in [3.63, 3.8) is 0 Å². The lowest BCUT2D eigenvalue weighted by atomic mass is 10.0. The topological polar surface area (TPSA) is 95.9 Å². The zero-order valence-corrected chi connectivity index (χ0v) is 61.0. The molecule has 530 valence electrons. The van der Waals surface area contributed by atoms with E-state index in [1.165, 1.54) is 417 Å². The van der Waals surface area contributed by atoms with Crippen LogP contribution in [-0.2, 0) is 14.3 Å². The molecule has 0 aliphatic rings. The maximum absolute atomic E-state index is 12.6. The van der Waals surface area contributed by atoms with Crippen molar-refractivity contribution in [1.82, 2.24) is 5.32 Å². The molecular weight excluding hydrogens is 1090 g/mol. The summed E-state index contributed by atoms with van der Waals surface area (Å²) < 4.78 is 5.49. The van der Waals surface area contributed by atoms with E-state index in [1.807, 2.05) is 6.08 Å². The minimum Gasteiger partial charge on any atom is -0.466 e. The van der Waals surface area contributed by atoms with Gasteiger partial charge in [-0.15, -0.1) is 0 Å². The Labute approximate surface area is 559 Å². The molecule has 0 radical (unpaired) electrons. The first kappa shape index (κ1) is 87.6. The van der Waals surface area contributed by atoms with Gasteiger partial charge >= 0.3 is 5.97 Å². The molecule has 2 unspecified atom stereocenters. The first-order valence-corrected chi connectivity index (χ1v) is 41.5. The minimum absolute atomic E-state index is 0.0243. The van der Waals surface area contributed by atoms with Crippen LogP contribution in [0.2, 0.25) is 0 Å². The highest BCUT2D eigenvalue weighted by Gasteiger charge is 2.18. The van der Waals surface area contributed by atoms with E-state index in [1.54, 1.807) is 6.08 Å². The van der Waals surface area contributed by atoms with Crippen LogP contribution in [0.3, 0.4) is 0 Å². The van der Waals surface area contributed by atoms with Crippen LogP contribution in [0.1, 0.15) is 483 Å². The number of allylic oxidation sites excluding steroid dienone is 1. The van der Waals surface area contributed by atoms with Crippen molar-refractivity contribution in [2.24, 2.45) is 0 Å². The highest BCUT2D eigenvalue weighted by atomic mass is 16.5. The number of rotatable bonds is 79. The standard InChI is InChI=1S/C83H163NO5/c1-3-5-7-9-11-13-15-17-18-19-20-21-22-34-37-40-43-46-49-52-55-59-63-67-71-75-81(86)80(79-85)84-82(87)76-72-68-64-60-56-53-50-47-44-41-38-35-32-30-28-26-24-23-25-27-29-31-33-36-39-42-45-48-51-54-58-62-66-70-74-78-89-83(88)77-73-69-65-61-57-16-14-12-10-8-6-4-2/h71,75,80-81,85-86H,3-70,72-74,76-79H2,1-2H3,(H,84,87)/b75-71+. The molecule has 0 aromatic heterocycles. The summed E-state index contributed by atoms with van der Waals surface area (Å²) >= 11 is 0. The summed E-state index contributed by atoms with van der Waals surface area (Å²) in [7, 11) is 0. The minimum atomic E-state index is -0.842. The van der Waals surface area contributed by atoms with Crippen LogP contribution in [0.25, 0.3) is 0 Å². The first-order chi connectivity index (χ1) is 44.0. The Bertz CT molecular complexity index is 1350. The summed E-state index contributed by atoms with van der Waals surface area (Å²) in [5.41, 5.74) is 0. The first-order valence-electron chi connectivity index (χ1n) is 41.5. The quantitative estimate of drug-likeness (QED) is 0.0320. The summed E-state index contributed by atoms with van der Waals surface area (Å²) in [6, 6.07) is -0.625. The average Bonchev–Trinajstić information content (AvgIpc) is 3.58. The zero-order chi connectivity index (χ0) is 64.2. The van der Waals surface area contributed by atoms with E-state index in [-0.39, 0.29) is 18.5 Å². The summed E-state index contributed by atoms with van der Waals surface area (Å²) in [6.07, 6.45) is 101. The van der Waals surface area contributed by atoms with Gasteiger partial charge in [-0.3, -0.25) is 9.59 Å². The average molecular weight is 1260 g/mol. The van der Waals surface area contributed by atoms with Crippen LogP contribution in [0.15, 0.2) is 12.2 Å². The molecule has 6 heteroatoms. The number of esters is 1. The Morgan fingerprint density at radius 2 is 0.517 bits per heavy atom. The number of nitrogens with one attached hydrogen (secondary N) is 1. The summed E-state index contributed by atoms with van der Waals surface area (Å²) in [4.78, 5) is 24.6. The number of amides is 1. The molecule has 0 heterocycles. The highest BCUT2D eigenvalue weighted by molar-refractivity contribution is 5.76. The normalized spacial score (nSPS) is 12.4. The third-order valence-electron chi connectivity index (χ3n) is 19.8. The smallest absolute Gasteiger partial charge is 0.305 e. The SMILES string of the molecule is CCCCCCCCCCCCCCCCCCCCCCCCC/C=C/C(O)C(CO)NC(=O)CCCCCCCCCCCCCCCCCCCCCCCCCCCCCCCCCCCCCOC(=O)CCCCCCCCCCCCCC. The number of aliphatic hydroxyl groups excluding tert-OH is 2. The van der Waals surface area contributed by atoms with Crippen molar-refractivity contribution in [1.29, 1.82) is 0 Å². The second-order valence-corrected chi connectivity index (χ2v) is 28.8. The molecule has 0 fully saturated rings. The molecule has 0 spiro atoms. The number of carbonyl (C=O) groups excluding carboxylic acids is 2. The Morgan fingerprint density at radius 3 is 0.764 bits per heavy atom. The van der Waals surface area contributed by atoms with Gasteiger partial charge < -0.3 is 20.3 Å². The monoisotopic (exact) mass is 1250 g/mol. The van der Waals surface area contributed by atoms with Crippen LogP contribution < -0.4 is 5.32 Å². The Kier molecular flexibility index (Phi) is 77.8. The van der Waals surface area contributed by atoms with Crippen LogP contribution in [-0.4, -0.2) is 47.4 Å². The fourth-order valence-corrected chi connectivity index (χ4v) is 13.5. The lowest BCUT2D eigenvalue weighted by Gasteiger charge is -2.20. The van der Waals surface area contributed by atoms with Gasteiger partial charge in [0.1, 0.15) is 0 Å². The molecule has 0 aromatic carbocycles. The lowest BCUT2D eigenvalue weighted by molar-refractivity contribution is -0.143. The fourth-order valence-electron chi connectivity index (χ4n) is 13.5. The molecule has 0 saturated heterocycles. The number of unbranched alkanes of at least 4 members (excludes halogenated alkanes) is 68. The number of ether oxygens (including phenoxy) is 1. The molecule has 0 saturated carbocycles. The molecule has 6 nitrogen and oxygen atoms in total. The van der Waals surface area contributed by atoms with Gasteiger partial charge in [-0.05, 0) is 32.1 Å². The van der Waals surface area contributed by atoms with Crippen LogP contribution >= 0.6 is 0 Å². The van der Waals surface area contributed by atoms with E-state index in [0.717, 1.165) is 38.5 Å². The molecule has 0 bridgehead atoms. The Hall–Kier alpha value is -1.40. The largest absolute Gasteiger partial charge is 0.466 e. The third-order valence-corrected chi connectivity index (χ3v) is 19.8. The van der Waals surface area contributed by atoms with Crippen molar-refractivity contribution >= 4 is 11.9 Å². The number of hydrogen-bond donors (Lipinski definition) is 3. The van der Waals surface area contributed by atoms with Crippen LogP contribution in [0.5, 0.6) is 0 Å². The molecule has 2 atom stereocenters. The zero-order valence-electron chi connectivity index (χ0n) is 61.0. The molecule has 89 heavy (non-hydrogen) atoms. The van der Waals surface area contributed by atoms with Gasteiger partial charge in [0.2, 0.25) is 5.91 Å². The number of carbonyl (C=O) groups is 2. The molecule has 1 amide bonds. The van der Waals surface area contributed by atoms with Crippen molar-refractivity contribution in [2.75, 3.05) is 13.2 Å². The van der Waals surface area contributed by atoms with E-state index in [2.05, 4.69) is 19.2 Å². The second kappa shape index (κ2) is 79.0. The fraction of sp³-hybridized carbons (Fsp3) is 0.952. The van der Waals surface area contributed by atoms with Crippen molar-refractivity contribution < 1.29 is 24.5 Å². The van der Waals surface area contributed by atoms with Crippen molar-refractivity contribution in [2.45, 2.75) is 495 Å². The second-order valence-electron chi connectivity index (χ2n) is 28.8. The van der Waals surface area contributed by atoms with Crippen LogP contribution in [0, 0.1) is 0 Å². The van der Waals surface area contributed by atoms with E-state index < -0.39 is 12.1 Å². The van der Waals surface area contributed by atoms with E-state index in [0.29, 0.717) is 19.4 Å². The molecule has 0 aliphatic carbocycles. The molecule has 0 aromatic rings. The van der Waals surface area contributed by atoms with Gasteiger partial charge in [0.25, 0.3) is 0 Å². The maximum atomic E-state index is 12.6. The highest BCUT2D eigenvalue weighted by Crippen LogP contribution is 2.21. The molecule has 0 aliphatic heterocycles. The van der Waals surface area contributed by atoms with Crippen molar-refractivity contribution in [3.05, 3.63) is 12.2 Å². The molecule has 0 rings (SSSR count). The molecule has 3 N–H and O–H groups in total. The van der Waals surface area contributed by atoms with Gasteiger partial charge in [0.15, 0.2) is 0 Å². The Balaban J connectivity index is 3.34. The predicted molar refractivity (Wildman–Crippen MR) is 394 cm³/mol. The van der Waals surface area contributed by atoms with Gasteiger partial charge in [0.05, 0.1) is 25.4 Å². The lowest BCUT2D eigenvalue weighted by Crippen LogP contribution is -2.45. The van der Waals surface area contributed by atoms with Crippen molar-refractivity contribution in [3.8, 4) is 0 Å². The predicted octanol–water partition coefficient (Wildman–Crippen LogP) is 27.4. The third kappa shape index (κ3) is 75.5.